The van der Waals surface area contributed by atoms with Crippen LogP contribution in [0.15, 0.2) is 90.8 Å². The molecule has 0 radical (unpaired) electrons. The second-order valence-corrected chi connectivity index (χ2v) is 11.7. The summed E-state index contributed by atoms with van der Waals surface area (Å²) in [4.78, 5) is 11.6. The molecule has 5 rings (SSSR count). The first-order valence-corrected chi connectivity index (χ1v) is 15.6. The van der Waals surface area contributed by atoms with Crippen LogP contribution in [0.1, 0.15) is 54.9 Å². The van der Waals surface area contributed by atoms with Crippen molar-refractivity contribution in [2.45, 2.75) is 38.5 Å². The van der Waals surface area contributed by atoms with E-state index in [0.29, 0.717) is 22.7 Å². The van der Waals surface area contributed by atoms with E-state index in [1.54, 1.807) is 12.3 Å². The van der Waals surface area contributed by atoms with Crippen LogP contribution in [-0.2, 0) is 6.42 Å². The molecule has 43 heavy (non-hydrogen) atoms. The second-order valence-electron chi connectivity index (χ2n) is 11.4. The van der Waals surface area contributed by atoms with E-state index in [4.69, 9.17) is 22.3 Å². The SMILES string of the molecule is CN/C=C\C=C/Cc1nc(C2CCN(CC3=CCC(C(C)/C(=C\c4c(N)ccnc4Cl)c4ccccc4)C=C3)CC2)n[nH]1. The number of piperidine rings is 1. The Morgan fingerprint density at radius 1 is 1.19 bits per heavy atom. The number of benzene rings is 1. The van der Waals surface area contributed by atoms with E-state index in [2.05, 4.69) is 87.0 Å². The van der Waals surface area contributed by atoms with Crippen LogP contribution < -0.4 is 11.1 Å². The lowest BCUT2D eigenvalue weighted by Gasteiger charge is -2.32. The third-order valence-electron chi connectivity index (χ3n) is 8.45. The van der Waals surface area contributed by atoms with Gasteiger partial charge in [-0.05, 0) is 85.3 Å². The molecule has 2 aromatic heterocycles. The van der Waals surface area contributed by atoms with Gasteiger partial charge in [-0.3, -0.25) is 10.00 Å². The number of nitrogens with one attached hydrogen (secondary N) is 2. The van der Waals surface area contributed by atoms with E-state index in [-0.39, 0.29) is 5.92 Å². The van der Waals surface area contributed by atoms with Crippen LogP contribution in [-0.4, -0.2) is 51.7 Å². The first kappa shape index (κ1) is 30.5. The van der Waals surface area contributed by atoms with Crippen molar-refractivity contribution in [3.05, 3.63) is 119 Å². The molecule has 1 fully saturated rings. The molecule has 224 valence electrons. The topological polar surface area (TPSA) is 95.8 Å². The van der Waals surface area contributed by atoms with Gasteiger partial charge in [0, 0.05) is 43.4 Å². The molecule has 3 aromatic rings. The third-order valence-corrected chi connectivity index (χ3v) is 8.76. The molecular weight excluding hydrogens is 554 g/mol. The van der Waals surface area contributed by atoms with Crippen molar-refractivity contribution < 1.29 is 0 Å². The van der Waals surface area contributed by atoms with Crippen molar-refractivity contribution in [3.8, 4) is 0 Å². The Morgan fingerprint density at radius 3 is 2.72 bits per heavy atom. The molecule has 2 unspecified atom stereocenters. The molecule has 1 aliphatic carbocycles. The summed E-state index contributed by atoms with van der Waals surface area (Å²) in [6.45, 7) is 5.40. The number of nitrogens with zero attached hydrogens (tertiary/aromatic N) is 4. The minimum Gasteiger partial charge on any atom is -0.398 e. The highest BCUT2D eigenvalue weighted by molar-refractivity contribution is 6.31. The Bertz CT molecular complexity index is 1470. The highest BCUT2D eigenvalue weighted by Crippen LogP contribution is 2.37. The van der Waals surface area contributed by atoms with Crippen molar-refractivity contribution in [2.24, 2.45) is 11.8 Å². The molecule has 0 saturated carbocycles. The number of likely N-dealkylation sites (tertiary alicyclic amines) is 1. The molecule has 3 heterocycles. The van der Waals surface area contributed by atoms with Crippen molar-refractivity contribution in [1.29, 1.82) is 0 Å². The Hall–Kier alpha value is -3.94. The fourth-order valence-corrected chi connectivity index (χ4v) is 6.09. The number of nitrogen functional groups attached to an aromatic ring is 1. The number of allylic oxidation sites excluding steroid dienone is 6. The molecule has 7 nitrogen and oxygen atoms in total. The number of nitrogens with two attached hydrogens (primary N) is 1. The quantitative estimate of drug-likeness (QED) is 0.166. The van der Waals surface area contributed by atoms with Crippen LogP contribution >= 0.6 is 11.6 Å². The van der Waals surface area contributed by atoms with Gasteiger partial charge in [0.1, 0.15) is 11.0 Å². The predicted octanol–water partition coefficient (Wildman–Crippen LogP) is 6.83. The highest BCUT2D eigenvalue weighted by Gasteiger charge is 2.26. The largest absolute Gasteiger partial charge is 0.398 e. The number of aromatic nitrogens is 4. The maximum Gasteiger partial charge on any atom is 0.153 e. The van der Waals surface area contributed by atoms with Crippen molar-refractivity contribution in [3.63, 3.8) is 0 Å². The normalized spacial score (nSPS) is 19.3. The number of halogens is 1. The van der Waals surface area contributed by atoms with E-state index in [1.165, 1.54) is 16.7 Å². The molecule has 0 bridgehead atoms. The van der Waals surface area contributed by atoms with Gasteiger partial charge >= 0.3 is 0 Å². The molecule has 8 heteroatoms. The molecular formula is C35H42ClN7. The lowest BCUT2D eigenvalue weighted by Crippen LogP contribution is -2.34. The minimum absolute atomic E-state index is 0.273. The van der Waals surface area contributed by atoms with E-state index in [0.717, 1.165) is 62.5 Å². The van der Waals surface area contributed by atoms with Gasteiger partial charge in [-0.15, -0.1) is 0 Å². The van der Waals surface area contributed by atoms with Crippen LogP contribution in [0.5, 0.6) is 0 Å². The maximum absolute atomic E-state index is 6.46. The number of H-pyrrole nitrogens is 1. The van der Waals surface area contributed by atoms with Crippen LogP contribution in [0.2, 0.25) is 5.15 Å². The molecule has 2 atom stereocenters. The second kappa shape index (κ2) is 15.0. The van der Waals surface area contributed by atoms with Gasteiger partial charge in [-0.25, -0.2) is 9.97 Å². The van der Waals surface area contributed by atoms with Crippen LogP contribution in [0.3, 0.4) is 0 Å². The van der Waals surface area contributed by atoms with E-state index in [9.17, 15) is 0 Å². The zero-order chi connectivity index (χ0) is 30.0. The lowest BCUT2D eigenvalue weighted by molar-refractivity contribution is 0.225. The Balaban J connectivity index is 1.16. The van der Waals surface area contributed by atoms with E-state index in [1.807, 2.05) is 31.5 Å². The average molecular weight is 596 g/mol. The number of hydrogen-bond acceptors (Lipinski definition) is 6. The summed E-state index contributed by atoms with van der Waals surface area (Å²) < 4.78 is 0. The predicted molar refractivity (Wildman–Crippen MR) is 178 cm³/mol. The number of rotatable bonds is 11. The highest BCUT2D eigenvalue weighted by atomic mass is 35.5. The minimum atomic E-state index is 0.273. The molecule has 1 aromatic carbocycles. The number of aromatic amines is 1. The van der Waals surface area contributed by atoms with Gasteiger partial charge in [0.05, 0.1) is 0 Å². The Kier molecular flexibility index (Phi) is 10.6. The van der Waals surface area contributed by atoms with Crippen LogP contribution in [0.25, 0.3) is 11.6 Å². The van der Waals surface area contributed by atoms with Crippen molar-refractivity contribution >= 4 is 28.9 Å². The number of pyridine rings is 1. The molecule has 1 saturated heterocycles. The maximum atomic E-state index is 6.46. The number of anilines is 1. The zero-order valence-electron chi connectivity index (χ0n) is 25.1. The third kappa shape index (κ3) is 8.12. The van der Waals surface area contributed by atoms with Crippen LogP contribution in [0, 0.1) is 11.8 Å². The first-order chi connectivity index (χ1) is 21.0. The Labute approximate surface area is 260 Å². The fraction of sp³-hybridized carbons (Fsp3) is 0.343. The van der Waals surface area contributed by atoms with Gasteiger partial charge in [-0.2, -0.15) is 5.10 Å². The summed E-state index contributed by atoms with van der Waals surface area (Å²) in [6, 6.07) is 12.3. The van der Waals surface area contributed by atoms with Crippen LogP contribution in [0.4, 0.5) is 5.69 Å². The zero-order valence-corrected chi connectivity index (χ0v) is 25.8. The average Bonchev–Trinajstić information content (AvgIpc) is 3.51. The van der Waals surface area contributed by atoms with E-state index < -0.39 is 0 Å². The molecule has 1 aliphatic heterocycles. The summed E-state index contributed by atoms with van der Waals surface area (Å²) in [5.41, 5.74) is 11.5. The fourth-order valence-electron chi connectivity index (χ4n) is 5.87. The van der Waals surface area contributed by atoms with Crippen molar-refractivity contribution in [2.75, 3.05) is 32.4 Å². The summed E-state index contributed by atoms with van der Waals surface area (Å²) in [5.74, 6) is 2.95. The van der Waals surface area contributed by atoms with Gasteiger partial charge in [0.25, 0.3) is 0 Å². The monoisotopic (exact) mass is 595 g/mol. The standard InChI is InChI=1S/C35H42ClN7/c1-25(30(28-9-5-3-6-10-28)23-31-32(37)16-20-39-34(31)36)27-14-12-26(13-15-27)24-43-21-17-29(18-22-43)35-40-33(41-42-35)11-7-4-8-19-38-2/h3-10,12-14,16,19-20,23,25,27,29,38H,11,15,17-18,21-22,24H2,1-2H3,(H2,37,39)(H,40,41,42)/b7-4-,19-8-,30-23+. The van der Waals surface area contributed by atoms with Gasteiger partial charge < -0.3 is 11.1 Å². The number of hydrogen-bond donors (Lipinski definition) is 3. The molecule has 4 N–H and O–H groups in total. The lowest BCUT2D eigenvalue weighted by atomic mass is 9.79. The smallest absolute Gasteiger partial charge is 0.153 e. The molecule has 2 aliphatic rings. The van der Waals surface area contributed by atoms with Crippen molar-refractivity contribution in [1.82, 2.24) is 30.4 Å². The summed E-state index contributed by atoms with van der Waals surface area (Å²) in [6.07, 6.45) is 22.8. The van der Waals surface area contributed by atoms with Gasteiger partial charge in [0.2, 0.25) is 0 Å². The molecule has 0 amide bonds. The first-order valence-electron chi connectivity index (χ1n) is 15.2. The van der Waals surface area contributed by atoms with Gasteiger partial charge in [-0.1, -0.05) is 79.2 Å². The summed E-state index contributed by atoms with van der Waals surface area (Å²) in [7, 11) is 1.89. The Morgan fingerprint density at radius 2 is 2.00 bits per heavy atom. The summed E-state index contributed by atoms with van der Waals surface area (Å²) in [5, 5.41) is 11.1. The van der Waals surface area contributed by atoms with Gasteiger partial charge in [0.15, 0.2) is 5.82 Å². The van der Waals surface area contributed by atoms with E-state index >= 15 is 0 Å². The molecule has 0 spiro atoms. The summed E-state index contributed by atoms with van der Waals surface area (Å²) >= 11 is 6.46.